The third-order valence-electron chi connectivity index (χ3n) is 2.51. The van der Waals surface area contributed by atoms with Crippen molar-refractivity contribution in [3.8, 4) is 0 Å². The van der Waals surface area contributed by atoms with Gasteiger partial charge in [-0.1, -0.05) is 17.3 Å². The lowest BCUT2D eigenvalue weighted by atomic mass is 10.2. The van der Waals surface area contributed by atoms with E-state index in [4.69, 9.17) is 9.26 Å². The lowest BCUT2D eigenvalue weighted by Gasteiger charge is -2.05. The van der Waals surface area contributed by atoms with E-state index in [1.54, 1.807) is 24.3 Å². The fourth-order valence-corrected chi connectivity index (χ4v) is 1.59. The number of benzene rings is 1. The van der Waals surface area contributed by atoms with Gasteiger partial charge < -0.3 is 9.26 Å². The second kappa shape index (κ2) is 6.51. The Morgan fingerprint density at radius 1 is 1.24 bits per heavy atom. The number of aromatic nitrogens is 1. The molecule has 8 heteroatoms. The standard InChI is InChI=1S/C13H13N3O5/c1-8(17)14-15-12(18)7-20-13(19)6-10-9-4-2-3-5-11(9)21-16-10/h2-5H,6-7H2,1H3,(H,14,17)(H,15,18). The van der Waals surface area contributed by atoms with Gasteiger partial charge in [0.2, 0.25) is 5.91 Å². The zero-order chi connectivity index (χ0) is 15.2. The summed E-state index contributed by atoms with van der Waals surface area (Å²) in [7, 11) is 0. The molecule has 1 aromatic carbocycles. The topological polar surface area (TPSA) is 111 Å². The molecule has 2 N–H and O–H groups in total. The van der Waals surface area contributed by atoms with Crippen molar-refractivity contribution < 1.29 is 23.6 Å². The molecule has 0 atom stereocenters. The Hall–Kier alpha value is -2.90. The second-order valence-electron chi connectivity index (χ2n) is 4.19. The number of amides is 2. The molecule has 2 aromatic rings. The number of carbonyl (C=O) groups excluding carboxylic acids is 3. The predicted molar refractivity (Wildman–Crippen MR) is 70.6 cm³/mol. The molecular formula is C13H13N3O5. The molecule has 0 spiro atoms. The number of hydrogen-bond donors (Lipinski definition) is 2. The average Bonchev–Trinajstić information content (AvgIpc) is 2.86. The first kappa shape index (κ1) is 14.5. The lowest BCUT2D eigenvalue weighted by molar-refractivity contribution is -0.148. The van der Waals surface area contributed by atoms with Crippen molar-refractivity contribution in [1.82, 2.24) is 16.0 Å². The lowest BCUT2D eigenvalue weighted by Crippen LogP contribution is -2.42. The summed E-state index contributed by atoms with van der Waals surface area (Å²) in [6, 6.07) is 7.10. The molecule has 0 aliphatic heterocycles. The molecule has 2 rings (SSSR count). The van der Waals surface area contributed by atoms with Crippen LogP contribution >= 0.6 is 0 Å². The molecule has 1 heterocycles. The highest BCUT2D eigenvalue weighted by molar-refractivity contribution is 5.86. The van der Waals surface area contributed by atoms with Crippen LogP contribution in [0.1, 0.15) is 12.6 Å². The van der Waals surface area contributed by atoms with E-state index in [0.29, 0.717) is 11.3 Å². The summed E-state index contributed by atoms with van der Waals surface area (Å²) in [5.41, 5.74) is 5.17. The molecule has 110 valence electrons. The van der Waals surface area contributed by atoms with Crippen molar-refractivity contribution in [3.63, 3.8) is 0 Å². The van der Waals surface area contributed by atoms with Crippen molar-refractivity contribution in [2.45, 2.75) is 13.3 Å². The van der Waals surface area contributed by atoms with Crippen LogP contribution in [-0.4, -0.2) is 29.5 Å². The average molecular weight is 291 g/mol. The van der Waals surface area contributed by atoms with E-state index in [1.807, 2.05) is 0 Å². The molecule has 0 unspecified atom stereocenters. The minimum Gasteiger partial charge on any atom is -0.455 e. The number of carbonyl (C=O) groups is 3. The number of ether oxygens (including phenoxy) is 1. The molecule has 0 saturated heterocycles. The summed E-state index contributed by atoms with van der Waals surface area (Å²) >= 11 is 0. The maximum Gasteiger partial charge on any atom is 0.312 e. The Morgan fingerprint density at radius 2 is 2.00 bits per heavy atom. The maximum absolute atomic E-state index is 11.6. The van der Waals surface area contributed by atoms with Crippen molar-refractivity contribution in [1.29, 1.82) is 0 Å². The van der Waals surface area contributed by atoms with Crippen LogP contribution in [0.2, 0.25) is 0 Å². The number of hydrazine groups is 1. The number of hydrogen-bond acceptors (Lipinski definition) is 6. The second-order valence-corrected chi connectivity index (χ2v) is 4.19. The highest BCUT2D eigenvalue weighted by Gasteiger charge is 2.14. The highest BCUT2D eigenvalue weighted by Crippen LogP contribution is 2.18. The number of nitrogens with zero attached hydrogens (tertiary/aromatic N) is 1. The first-order valence-electron chi connectivity index (χ1n) is 6.10. The molecule has 0 saturated carbocycles. The fourth-order valence-electron chi connectivity index (χ4n) is 1.59. The number of nitrogens with one attached hydrogen (secondary N) is 2. The minimum atomic E-state index is -0.636. The molecule has 8 nitrogen and oxygen atoms in total. The number of para-hydroxylation sites is 1. The number of rotatable bonds is 4. The van der Waals surface area contributed by atoms with E-state index >= 15 is 0 Å². The van der Waals surface area contributed by atoms with Crippen LogP contribution in [0.5, 0.6) is 0 Å². The van der Waals surface area contributed by atoms with E-state index in [1.165, 1.54) is 6.92 Å². The summed E-state index contributed by atoms with van der Waals surface area (Å²) < 4.78 is 9.83. The van der Waals surface area contributed by atoms with Crippen LogP contribution in [0.25, 0.3) is 11.0 Å². The first-order chi connectivity index (χ1) is 10.1. The molecule has 0 bridgehead atoms. The Balaban J connectivity index is 1.85. The van der Waals surface area contributed by atoms with Crippen LogP contribution in [0, 0.1) is 0 Å². The number of esters is 1. The van der Waals surface area contributed by atoms with E-state index in [9.17, 15) is 14.4 Å². The molecular weight excluding hydrogens is 278 g/mol. The smallest absolute Gasteiger partial charge is 0.312 e. The van der Waals surface area contributed by atoms with Crippen LogP contribution in [0.3, 0.4) is 0 Å². The molecule has 2 amide bonds. The van der Waals surface area contributed by atoms with Gasteiger partial charge in [-0.3, -0.25) is 25.2 Å². The zero-order valence-corrected chi connectivity index (χ0v) is 11.2. The minimum absolute atomic E-state index is 0.107. The Labute approximate surface area is 119 Å². The third kappa shape index (κ3) is 4.03. The molecule has 0 fully saturated rings. The first-order valence-corrected chi connectivity index (χ1v) is 6.10. The molecule has 0 aliphatic carbocycles. The molecule has 1 aromatic heterocycles. The SMILES string of the molecule is CC(=O)NNC(=O)COC(=O)Cc1noc2ccccc12. The fraction of sp³-hybridized carbons (Fsp3) is 0.231. The zero-order valence-electron chi connectivity index (χ0n) is 11.2. The normalized spacial score (nSPS) is 10.1. The number of fused-ring (bicyclic) bond motifs is 1. The van der Waals surface area contributed by atoms with Gasteiger partial charge in [0.15, 0.2) is 12.2 Å². The van der Waals surface area contributed by atoms with Crippen molar-refractivity contribution in [3.05, 3.63) is 30.0 Å². The van der Waals surface area contributed by atoms with Gasteiger partial charge in [-0.25, -0.2) is 0 Å². The third-order valence-corrected chi connectivity index (χ3v) is 2.51. The highest BCUT2D eigenvalue weighted by atomic mass is 16.5. The summed E-state index contributed by atoms with van der Waals surface area (Å²) in [5, 5.41) is 4.51. The van der Waals surface area contributed by atoms with Gasteiger partial charge in [0.1, 0.15) is 5.69 Å². The van der Waals surface area contributed by atoms with E-state index in [0.717, 1.165) is 5.39 Å². The van der Waals surface area contributed by atoms with Gasteiger partial charge in [-0.15, -0.1) is 0 Å². The van der Waals surface area contributed by atoms with Gasteiger partial charge in [0, 0.05) is 12.3 Å². The van der Waals surface area contributed by atoms with Crippen LogP contribution in [-0.2, 0) is 25.5 Å². The maximum atomic E-state index is 11.6. The Bertz CT molecular complexity index is 679. The van der Waals surface area contributed by atoms with Crippen molar-refractivity contribution in [2.24, 2.45) is 0 Å². The summed E-state index contributed by atoms with van der Waals surface area (Å²) in [4.78, 5) is 33.4. The summed E-state index contributed by atoms with van der Waals surface area (Å²) in [6.07, 6.45) is -0.107. The van der Waals surface area contributed by atoms with E-state index in [2.05, 4.69) is 16.0 Å². The van der Waals surface area contributed by atoms with Gasteiger partial charge in [0.25, 0.3) is 5.91 Å². The predicted octanol–water partition coefficient (Wildman–Crippen LogP) is 0.0808. The van der Waals surface area contributed by atoms with E-state index < -0.39 is 24.4 Å². The van der Waals surface area contributed by atoms with Crippen LogP contribution < -0.4 is 10.9 Å². The van der Waals surface area contributed by atoms with Crippen LogP contribution in [0.4, 0.5) is 0 Å². The van der Waals surface area contributed by atoms with Crippen molar-refractivity contribution in [2.75, 3.05) is 6.61 Å². The quantitative estimate of drug-likeness (QED) is 0.609. The van der Waals surface area contributed by atoms with Gasteiger partial charge in [-0.05, 0) is 12.1 Å². The largest absolute Gasteiger partial charge is 0.455 e. The van der Waals surface area contributed by atoms with Gasteiger partial charge >= 0.3 is 5.97 Å². The molecule has 0 aliphatic rings. The Morgan fingerprint density at radius 3 is 2.76 bits per heavy atom. The van der Waals surface area contributed by atoms with Gasteiger partial charge in [0.05, 0.1) is 6.42 Å². The van der Waals surface area contributed by atoms with E-state index in [-0.39, 0.29) is 6.42 Å². The van der Waals surface area contributed by atoms with Crippen molar-refractivity contribution >= 4 is 28.8 Å². The van der Waals surface area contributed by atoms with Crippen LogP contribution in [0.15, 0.2) is 28.8 Å². The Kier molecular flexibility index (Phi) is 4.50. The molecule has 0 radical (unpaired) electrons. The molecule has 21 heavy (non-hydrogen) atoms. The summed E-state index contributed by atoms with van der Waals surface area (Å²) in [6.45, 7) is 0.747. The summed E-state index contributed by atoms with van der Waals surface area (Å²) in [5.74, 6) is -1.68. The van der Waals surface area contributed by atoms with Gasteiger partial charge in [-0.2, -0.15) is 0 Å². The monoisotopic (exact) mass is 291 g/mol.